The molecule has 1 aliphatic rings. The third kappa shape index (κ3) is 5.28. The molecule has 1 aromatic heterocycles. The van der Waals surface area contributed by atoms with Gasteiger partial charge in [0, 0.05) is 24.9 Å². The second-order valence-corrected chi connectivity index (χ2v) is 7.83. The molecule has 0 bridgehead atoms. The van der Waals surface area contributed by atoms with E-state index in [0.29, 0.717) is 36.0 Å². The molecule has 1 aromatic carbocycles. The lowest BCUT2D eigenvalue weighted by Gasteiger charge is -2.39. The Morgan fingerprint density at radius 2 is 1.93 bits per heavy atom. The van der Waals surface area contributed by atoms with Crippen molar-refractivity contribution in [3.05, 3.63) is 36.0 Å². The van der Waals surface area contributed by atoms with E-state index in [-0.39, 0.29) is 17.9 Å². The lowest BCUT2D eigenvalue weighted by Crippen LogP contribution is -2.57. The maximum atomic E-state index is 12.0. The van der Waals surface area contributed by atoms with Crippen LogP contribution in [0.25, 0.3) is 0 Å². The quantitative estimate of drug-likeness (QED) is 0.653. The molecule has 1 amide bonds. The first-order valence-electron chi connectivity index (χ1n) is 9.45. The van der Waals surface area contributed by atoms with E-state index in [2.05, 4.69) is 20.8 Å². The number of rotatable bonds is 6. The average molecular weight is 415 g/mol. The van der Waals surface area contributed by atoms with Crippen LogP contribution in [-0.2, 0) is 4.74 Å². The van der Waals surface area contributed by atoms with Crippen LogP contribution in [0.15, 0.2) is 30.3 Å². The van der Waals surface area contributed by atoms with E-state index >= 15 is 0 Å². The first-order valence-corrected chi connectivity index (χ1v) is 9.45. The van der Waals surface area contributed by atoms with Crippen LogP contribution in [-0.4, -0.2) is 64.1 Å². The van der Waals surface area contributed by atoms with Crippen LogP contribution in [0.5, 0.6) is 5.75 Å². The number of aromatic nitrogens is 2. The topological polar surface area (TPSA) is 126 Å². The molecule has 3 rings (SSSR count). The number of likely N-dealkylation sites (tertiary alicyclic amines) is 1. The molecule has 1 aliphatic heterocycles. The van der Waals surface area contributed by atoms with Gasteiger partial charge in [-0.1, -0.05) is 6.07 Å². The smallest absolute Gasteiger partial charge is 0.410 e. The molecule has 30 heavy (non-hydrogen) atoms. The summed E-state index contributed by atoms with van der Waals surface area (Å²) in [5, 5.41) is 22.7. The fourth-order valence-electron chi connectivity index (χ4n) is 2.75. The standard InChI is InChI=1S/C20H25N5O5/c1-20(2,3)30-19(28)25-10-14(11-25)29-13-7-5-6-12(8-13)22-15-9-16(21-4)23-24-17(15)18(26)27/h5-9,14H,10-11H2,1-4H3,(H,26,27)(H2,21,22,23). The van der Waals surface area contributed by atoms with Gasteiger partial charge < -0.3 is 30.1 Å². The highest BCUT2D eigenvalue weighted by Gasteiger charge is 2.35. The lowest BCUT2D eigenvalue weighted by molar-refractivity contribution is -0.0221. The van der Waals surface area contributed by atoms with Gasteiger partial charge in [-0.3, -0.25) is 0 Å². The summed E-state index contributed by atoms with van der Waals surface area (Å²) in [6.45, 7) is 6.35. The molecule has 10 heteroatoms. The minimum Gasteiger partial charge on any atom is -0.487 e. The van der Waals surface area contributed by atoms with Crippen LogP contribution in [0.3, 0.4) is 0 Å². The Hall–Kier alpha value is -3.56. The number of carboxylic acid groups (broad SMARTS) is 1. The van der Waals surface area contributed by atoms with Crippen molar-refractivity contribution in [3.63, 3.8) is 0 Å². The fourth-order valence-corrected chi connectivity index (χ4v) is 2.75. The Balaban J connectivity index is 1.63. The predicted octanol–water partition coefficient (Wildman–Crippen LogP) is 2.96. The van der Waals surface area contributed by atoms with Gasteiger partial charge in [-0.05, 0) is 32.9 Å². The van der Waals surface area contributed by atoms with Crippen molar-refractivity contribution in [3.8, 4) is 5.75 Å². The number of carbonyl (C=O) groups excluding carboxylic acids is 1. The van der Waals surface area contributed by atoms with Gasteiger partial charge in [0.05, 0.1) is 18.8 Å². The van der Waals surface area contributed by atoms with Crippen molar-refractivity contribution < 1.29 is 24.2 Å². The van der Waals surface area contributed by atoms with Crippen LogP contribution in [0.4, 0.5) is 22.0 Å². The van der Waals surface area contributed by atoms with E-state index < -0.39 is 11.6 Å². The molecule has 0 radical (unpaired) electrons. The highest BCUT2D eigenvalue weighted by atomic mass is 16.6. The van der Waals surface area contributed by atoms with Gasteiger partial charge >= 0.3 is 12.1 Å². The summed E-state index contributed by atoms with van der Waals surface area (Å²) in [4.78, 5) is 25.0. The number of carbonyl (C=O) groups is 2. The molecule has 2 aromatic rings. The highest BCUT2D eigenvalue weighted by molar-refractivity contribution is 5.93. The average Bonchev–Trinajstić information content (AvgIpc) is 2.62. The number of aromatic carboxylic acids is 1. The van der Waals surface area contributed by atoms with E-state index in [9.17, 15) is 14.7 Å². The third-order valence-electron chi connectivity index (χ3n) is 4.17. The van der Waals surface area contributed by atoms with Gasteiger partial charge in [-0.25, -0.2) is 9.59 Å². The normalized spacial score (nSPS) is 13.9. The zero-order chi connectivity index (χ0) is 21.9. The molecule has 0 aliphatic carbocycles. The Morgan fingerprint density at radius 3 is 2.57 bits per heavy atom. The molecule has 0 spiro atoms. The summed E-state index contributed by atoms with van der Waals surface area (Å²) in [5.74, 6) is -0.148. The molecule has 1 saturated heterocycles. The van der Waals surface area contributed by atoms with Crippen molar-refractivity contribution >= 4 is 29.3 Å². The maximum Gasteiger partial charge on any atom is 0.410 e. The number of anilines is 3. The number of nitrogens with zero attached hydrogens (tertiary/aromatic N) is 3. The Kier molecular flexibility index (Phi) is 5.95. The third-order valence-corrected chi connectivity index (χ3v) is 4.17. The number of carboxylic acids is 1. The zero-order valence-corrected chi connectivity index (χ0v) is 17.3. The molecule has 0 saturated carbocycles. The van der Waals surface area contributed by atoms with Gasteiger partial charge in [-0.15, -0.1) is 10.2 Å². The molecular weight excluding hydrogens is 390 g/mol. The summed E-state index contributed by atoms with van der Waals surface area (Å²) in [5.41, 5.74) is 0.215. The minimum atomic E-state index is -1.18. The fraction of sp³-hybridized carbons (Fsp3) is 0.400. The Labute approximate surface area is 174 Å². The molecule has 2 heterocycles. The van der Waals surface area contributed by atoms with Crippen LogP contribution in [0.1, 0.15) is 31.3 Å². The SMILES string of the molecule is CNc1cc(Nc2cccc(OC3CN(C(=O)OC(C)(C)C)C3)c2)c(C(=O)O)nn1. The number of nitrogens with one attached hydrogen (secondary N) is 2. The van der Waals surface area contributed by atoms with E-state index in [1.165, 1.54) is 0 Å². The first kappa shape index (κ1) is 21.2. The number of amides is 1. The monoisotopic (exact) mass is 415 g/mol. The van der Waals surface area contributed by atoms with Crippen molar-refractivity contribution in [2.24, 2.45) is 0 Å². The second-order valence-electron chi connectivity index (χ2n) is 7.83. The maximum absolute atomic E-state index is 12.0. The summed E-state index contributed by atoms with van der Waals surface area (Å²) >= 11 is 0. The van der Waals surface area contributed by atoms with Crippen LogP contribution in [0, 0.1) is 0 Å². The molecule has 10 nitrogen and oxygen atoms in total. The predicted molar refractivity (Wildman–Crippen MR) is 110 cm³/mol. The summed E-state index contributed by atoms with van der Waals surface area (Å²) < 4.78 is 11.2. The molecule has 160 valence electrons. The zero-order valence-electron chi connectivity index (χ0n) is 17.3. The number of hydrogen-bond donors (Lipinski definition) is 3. The molecular formula is C20H25N5O5. The minimum absolute atomic E-state index is 0.138. The first-order chi connectivity index (χ1) is 14.1. The lowest BCUT2D eigenvalue weighted by atomic mass is 10.1. The van der Waals surface area contributed by atoms with Crippen LogP contribution in [0.2, 0.25) is 0 Å². The molecule has 3 N–H and O–H groups in total. The van der Waals surface area contributed by atoms with Gasteiger partial charge in [0.25, 0.3) is 0 Å². The summed E-state index contributed by atoms with van der Waals surface area (Å²) in [7, 11) is 1.67. The Morgan fingerprint density at radius 1 is 1.20 bits per heavy atom. The number of benzene rings is 1. The molecule has 0 atom stereocenters. The van der Waals surface area contributed by atoms with Gasteiger partial charge in [0.1, 0.15) is 17.5 Å². The van der Waals surface area contributed by atoms with E-state index in [1.54, 1.807) is 42.3 Å². The van der Waals surface area contributed by atoms with E-state index in [0.717, 1.165) is 0 Å². The van der Waals surface area contributed by atoms with Crippen molar-refractivity contribution in [2.75, 3.05) is 30.8 Å². The van der Waals surface area contributed by atoms with E-state index in [1.807, 2.05) is 20.8 Å². The number of ether oxygens (including phenoxy) is 2. The second kappa shape index (κ2) is 8.44. The largest absolute Gasteiger partial charge is 0.487 e. The Bertz CT molecular complexity index is 937. The summed E-state index contributed by atoms with van der Waals surface area (Å²) in [6.07, 6.45) is -0.495. The van der Waals surface area contributed by atoms with Gasteiger partial charge in [-0.2, -0.15) is 0 Å². The molecule has 0 unspecified atom stereocenters. The summed E-state index contributed by atoms with van der Waals surface area (Å²) in [6, 6.07) is 8.68. The number of hydrogen-bond acceptors (Lipinski definition) is 8. The van der Waals surface area contributed by atoms with Crippen LogP contribution < -0.4 is 15.4 Å². The van der Waals surface area contributed by atoms with Crippen molar-refractivity contribution in [2.45, 2.75) is 32.5 Å². The van der Waals surface area contributed by atoms with E-state index in [4.69, 9.17) is 9.47 Å². The van der Waals surface area contributed by atoms with Crippen molar-refractivity contribution in [1.82, 2.24) is 15.1 Å². The molecule has 1 fully saturated rings. The van der Waals surface area contributed by atoms with Gasteiger partial charge in [0.2, 0.25) is 0 Å². The van der Waals surface area contributed by atoms with Crippen molar-refractivity contribution in [1.29, 1.82) is 0 Å². The van der Waals surface area contributed by atoms with Crippen LogP contribution >= 0.6 is 0 Å². The highest BCUT2D eigenvalue weighted by Crippen LogP contribution is 2.26. The van der Waals surface area contributed by atoms with Gasteiger partial charge in [0.15, 0.2) is 11.5 Å².